The molecule has 0 aliphatic heterocycles. The number of rotatable bonds is 5. The highest BCUT2D eigenvalue weighted by Gasteiger charge is 2.09. The highest BCUT2D eigenvalue weighted by Crippen LogP contribution is 2.26. The summed E-state index contributed by atoms with van der Waals surface area (Å²) in [5.41, 5.74) is 8.29. The van der Waals surface area contributed by atoms with Crippen molar-refractivity contribution in [2.45, 2.75) is 27.3 Å². The monoisotopic (exact) mass is 432 g/mol. The van der Waals surface area contributed by atoms with Crippen LogP contribution in [0.2, 0.25) is 0 Å². The lowest BCUT2D eigenvalue weighted by atomic mass is 10.1. The van der Waals surface area contributed by atoms with Crippen LogP contribution in [0.1, 0.15) is 22.4 Å². The van der Waals surface area contributed by atoms with Gasteiger partial charge in [-0.05, 0) is 73.2 Å². The number of nitrogens with one attached hydrogen (secondary N) is 1. The molecule has 0 radical (unpaired) electrons. The topological polar surface area (TPSA) is 76.5 Å². The fourth-order valence-electron chi connectivity index (χ4n) is 3.97. The first kappa shape index (κ1) is 20.7. The van der Waals surface area contributed by atoms with Crippen molar-refractivity contribution in [2.24, 2.45) is 0 Å². The third-order valence-electron chi connectivity index (χ3n) is 5.58. The first-order valence-electron chi connectivity index (χ1n) is 10.9. The Labute approximate surface area is 192 Å². The number of fused-ring (bicyclic) bond motifs is 1. The van der Waals surface area contributed by atoms with Crippen molar-refractivity contribution in [1.82, 2.24) is 24.9 Å². The van der Waals surface area contributed by atoms with Crippen LogP contribution in [-0.4, -0.2) is 24.9 Å². The summed E-state index contributed by atoms with van der Waals surface area (Å²) in [5.74, 6) is 0.806. The van der Waals surface area contributed by atoms with E-state index >= 15 is 0 Å². The normalized spacial score (nSPS) is 11.0. The molecule has 5 rings (SSSR count). The van der Waals surface area contributed by atoms with Crippen molar-refractivity contribution in [1.29, 1.82) is 0 Å². The van der Waals surface area contributed by atoms with E-state index in [2.05, 4.69) is 56.4 Å². The molecule has 6 heteroatoms. The summed E-state index contributed by atoms with van der Waals surface area (Å²) >= 11 is 0. The molecule has 0 fully saturated rings. The quantitative estimate of drug-likeness (QED) is 0.385. The van der Waals surface area contributed by atoms with Crippen LogP contribution in [-0.2, 0) is 6.54 Å². The zero-order valence-electron chi connectivity index (χ0n) is 18.9. The molecule has 162 valence electrons. The minimum Gasteiger partial charge on any atom is -0.365 e. The first-order chi connectivity index (χ1) is 16.1. The van der Waals surface area contributed by atoms with Gasteiger partial charge in [-0.1, -0.05) is 6.07 Å². The van der Waals surface area contributed by atoms with Gasteiger partial charge in [0.2, 0.25) is 0 Å². The molecule has 5 aromatic rings. The molecule has 33 heavy (non-hydrogen) atoms. The number of anilines is 1. The summed E-state index contributed by atoms with van der Waals surface area (Å²) in [6, 6.07) is 12.4. The molecule has 0 atom stereocenters. The summed E-state index contributed by atoms with van der Waals surface area (Å²) in [4.78, 5) is 22.5. The minimum absolute atomic E-state index is 0.624. The Kier molecular flexibility index (Phi) is 5.48. The second kappa shape index (κ2) is 8.74. The highest BCUT2D eigenvalue weighted by atomic mass is 15.0. The van der Waals surface area contributed by atoms with Crippen molar-refractivity contribution in [3.8, 4) is 22.5 Å². The van der Waals surface area contributed by atoms with Gasteiger partial charge in [0.1, 0.15) is 5.82 Å². The van der Waals surface area contributed by atoms with Crippen molar-refractivity contribution in [3.63, 3.8) is 0 Å². The minimum atomic E-state index is 0.624. The van der Waals surface area contributed by atoms with E-state index in [4.69, 9.17) is 4.98 Å². The van der Waals surface area contributed by atoms with Gasteiger partial charge in [-0.25, -0.2) is 4.98 Å². The number of nitrogens with zero attached hydrogens (tertiary/aromatic N) is 5. The van der Waals surface area contributed by atoms with Crippen molar-refractivity contribution in [2.75, 3.05) is 5.32 Å². The molecule has 1 N–H and O–H groups in total. The lowest BCUT2D eigenvalue weighted by Crippen LogP contribution is -2.04. The molecule has 0 aliphatic carbocycles. The Morgan fingerprint density at radius 3 is 2.45 bits per heavy atom. The molecular formula is C27H24N6. The Morgan fingerprint density at radius 1 is 0.758 bits per heavy atom. The molecule has 0 bridgehead atoms. The zero-order valence-corrected chi connectivity index (χ0v) is 18.9. The largest absolute Gasteiger partial charge is 0.365 e. The standard InChI is InChI=1S/C27H24N6/c1-17-8-23(15-28-12-17)25-11-21-4-7-30-27(24(21)16-31-25)33-14-20-9-18(2)26(32-13-20)22-5-6-29-19(3)10-22/h4-13,15-16H,14H2,1-3H3,(H,30,33). The van der Waals surface area contributed by atoms with Gasteiger partial charge in [-0.15, -0.1) is 0 Å². The van der Waals surface area contributed by atoms with Crippen molar-refractivity contribution < 1.29 is 0 Å². The van der Waals surface area contributed by atoms with Gasteiger partial charge in [0.05, 0.1) is 11.4 Å². The van der Waals surface area contributed by atoms with E-state index in [1.54, 1.807) is 0 Å². The van der Waals surface area contributed by atoms with Gasteiger partial charge in [-0.3, -0.25) is 19.9 Å². The molecule has 0 saturated heterocycles. The van der Waals surface area contributed by atoms with Crippen molar-refractivity contribution in [3.05, 3.63) is 96.0 Å². The summed E-state index contributed by atoms with van der Waals surface area (Å²) in [6.45, 7) is 6.73. The number of hydrogen-bond donors (Lipinski definition) is 1. The van der Waals surface area contributed by atoms with Gasteiger partial charge in [0.25, 0.3) is 0 Å². The number of aromatic nitrogens is 5. The van der Waals surface area contributed by atoms with Gasteiger partial charge in [0.15, 0.2) is 0 Å². The Morgan fingerprint density at radius 2 is 1.64 bits per heavy atom. The average molecular weight is 433 g/mol. The molecule has 0 saturated carbocycles. The lowest BCUT2D eigenvalue weighted by molar-refractivity contribution is 1.08. The van der Waals surface area contributed by atoms with Crippen LogP contribution in [0.4, 0.5) is 5.82 Å². The van der Waals surface area contributed by atoms with Crippen molar-refractivity contribution >= 4 is 16.6 Å². The molecule has 0 aromatic carbocycles. The fraction of sp³-hybridized carbons (Fsp3) is 0.148. The van der Waals surface area contributed by atoms with Gasteiger partial charge in [-0.2, -0.15) is 0 Å². The Bertz CT molecular complexity index is 1460. The third kappa shape index (κ3) is 4.41. The van der Waals surface area contributed by atoms with Gasteiger partial charge >= 0.3 is 0 Å². The van der Waals surface area contributed by atoms with E-state index in [0.717, 1.165) is 61.5 Å². The van der Waals surface area contributed by atoms with E-state index in [-0.39, 0.29) is 0 Å². The van der Waals surface area contributed by atoms with Gasteiger partial charge < -0.3 is 5.32 Å². The van der Waals surface area contributed by atoms with Crippen LogP contribution in [0, 0.1) is 20.8 Å². The van der Waals surface area contributed by atoms with Gasteiger partial charge in [0, 0.05) is 65.9 Å². The number of hydrogen-bond acceptors (Lipinski definition) is 6. The lowest BCUT2D eigenvalue weighted by Gasteiger charge is -2.11. The smallest absolute Gasteiger partial charge is 0.135 e. The predicted octanol–water partition coefficient (Wildman–Crippen LogP) is 5.69. The molecular weight excluding hydrogens is 408 g/mol. The van der Waals surface area contributed by atoms with Crippen LogP contribution < -0.4 is 5.32 Å². The predicted molar refractivity (Wildman–Crippen MR) is 132 cm³/mol. The molecule has 0 amide bonds. The van der Waals surface area contributed by atoms with Crippen LogP contribution in [0.25, 0.3) is 33.3 Å². The van der Waals surface area contributed by atoms with Crippen LogP contribution >= 0.6 is 0 Å². The summed E-state index contributed by atoms with van der Waals surface area (Å²) in [5, 5.41) is 5.52. The zero-order chi connectivity index (χ0) is 22.8. The molecule has 0 aliphatic rings. The van der Waals surface area contributed by atoms with E-state index in [1.807, 2.05) is 63.2 Å². The Hall–Kier alpha value is -4.19. The second-order valence-electron chi connectivity index (χ2n) is 8.25. The Balaban J connectivity index is 1.38. The van der Waals surface area contributed by atoms with E-state index in [0.29, 0.717) is 6.54 Å². The SMILES string of the molecule is Cc1cncc(-c2cc3ccnc(NCc4cnc(-c5ccnc(C)c5)c(C)c4)c3cn2)c1. The molecule has 0 spiro atoms. The first-order valence-corrected chi connectivity index (χ1v) is 10.9. The van der Waals surface area contributed by atoms with E-state index in [1.165, 1.54) is 0 Å². The number of pyridine rings is 5. The maximum Gasteiger partial charge on any atom is 0.135 e. The molecule has 5 aromatic heterocycles. The van der Waals surface area contributed by atoms with E-state index in [9.17, 15) is 0 Å². The summed E-state index contributed by atoms with van der Waals surface area (Å²) in [7, 11) is 0. The van der Waals surface area contributed by atoms with Crippen LogP contribution in [0.3, 0.4) is 0 Å². The maximum absolute atomic E-state index is 4.71. The van der Waals surface area contributed by atoms with Crippen LogP contribution in [0.5, 0.6) is 0 Å². The summed E-state index contributed by atoms with van der Waals surface area (Å²) in [6.07, 6.45) is 11.1. The van der Waals surface area contributed by atoms with Crippen LogP contribution in [0.15, 0.2) is 73.6 Å². The number of aryl methyl sites for hydroxylation is 3. The maximum atomic E-state index is 4.71. The molecule has 0 unspecified atom stereocenters. The fourth-order valence-corrected chi connectivity index (χ4v) is 3.97. The van der Waals surface area contributed by atoms with E-state index < -0.39 is 0 Å². The average Bonchev–Trinajstić information content (AvgIpc) is 2.82. The molecule has 6 nitrogen and oxygen atoms in total. The third-order valence-corrected chi connectivity index (χ3v) is 5.58. The highest BCUT2D eigenvalue weighted by molar-refractivity contribution is 5.93. The second-order valence-corrected chi connectivity index (χ2v) is 8.25. The summed E-state index contributed by atoms with van der Waals surface area (Å²) < 4.78 is 0. The molecule has 5 heterocycles.